The summed E-state index contributed by atoms with van der Waals surface area (Å²) in [4.78, 5) is 4.79. The maximum Gasteiger partial charge on any atom is 0.117 e. The molecule has 0 fully saturated rings. The van der Waals surface area contributed by atoms with Gasteiger partial charge >= 0.3 is 0 Å². The van der Waals surface area contributed by atoms with Crippen molar-refractivity contribution in [1.29, 1.82) is 0 Å². The van der Waals surface area contributed by atoms with E-state index in [2.05, 4.69) is 24.0 Å². The van der Waals surface area contributed by atoms with Crippen LogP contribution in [0, 0.1) is 6.92 Å². The Kier molecular flexibility index (Phi) is 6.64. The van der Waals surface area contributed by atoms with Gasteiger partial charge in [-0.2, -0.15) is 0 Å². The highest BCUT2D eigenvalue weighted by molar-refractivity contribution is 7.11. The molecule has 2 aromatic heterocycles. The van der Waals surface area contributed by atoms with E-state index in [-0.39, 0.29) is 6.10 Å². The van der Waals surface area contributed by atoms with Crippen LogP contribution in [0.5, 0.6) is 0 Å². The van der Waals surface area contributed by atoms with Crippen molar-refractivity contribution in [3.63, 3.8) is 0 Å². The van der Waals surface area contributed by atoms with Gasteiger partial charge in [0.05, 0.1) is 31.6 Å². The largest absolute Gasteiger partial charge is 0.468 e. The van der Waals surface area contributed by atoms with Crippen molar-refractivity contribution in [2.75, 3.05) is 13.2 Å². The summed E-state index contributed by atoms with van der Waals surface area (Å²) < 4.78 is 10.9. The van der Waals surface area contributed by atoms with E-state index >= 15 is 0 Å². The van der Waals surface area contributed by atoms with Crippen molar-refractivity contribution in [2.45, 2.75) is 46.1 Å². The second-order valence-electron chi connectivity index (χ2n) is 5.80. The Morgan fingerprint density at radius 1 is 1.27 bits per heavy atom. The summed E-state index contributed by atoms with van der Waals surface area (Å²) in [5.74, 6) is 0.908. The van der Waals surface area contributed by atoms with Crippen LogP contribution in [0.3, 0.4) is 0 Å². The molecule has 0 saturated carbocycles. The minimum absolute atomic E-state index is 0.133. The van der Waals surface area contributed by atoms with Crippen LogP contribution in [0.15, 0.2) is 34.9 Å². The molecular weight excluding hydrogens is 298 g/mol. The molecule has 2 aromatic rings. The first-order valence-corrected chi connectivity index (χ1v) is 8.44. The van der Waals surface area contributed by atoms with Crippen LogP contribution in [-0.2, 0) is 17.8 Å². The first-order valence-electron chi connectivity index (χ1n) is 7.62. The maximum atomic E-state index is 10.2. The highest BCUT2D eigenvalue weighted by Gasteiger charge is 2.15. The lowest BCUT2D eigenvalue weighted by Crippen LogP contribution is -2.34. The van der Waals surface area contributed by atoms with Crippen molar-refractivity contribution in [3.05, 3.63) is 46.0 Å². The van der Waals surface area contributed by atoms with Gasteiger partial charge in [0.2, 0.25) is 0 Å². The van der Waals surface area contributed by atoms with Gasteiger partial charge in [0.25, 0.3) is 0 Å². The first-order chi connectivity index (χ1) is 10.5. The molecule has 4 nitrogen and oxygen atoms in total. The highest BCUT2D eigenvalue weighted by atomic mass is 32.1. The van der Waals surface area contributed by atoms with Crippen LogP contribution in [-0.4, -0.2) is 35.4 Å². The van der Waals surface area contributed by atoms with Crippen molar-refractivity contribution >= 4 is 11.3 Å². The zero-order chi connectivity index (χ0) is 15.9. The second kappa shape index (κ2) is 8.48. The van der Waals surface area contributed by atoms with Crippen LogP contribution >= 0.6 is 11.3 Å². The Hall–Kier alpha value is -1.14. The number of aliphatic hydroxyl groups excluding tert-OH is 1. The molecule has 2 heterocycles. The zero-order valence-corrected chi connectivity index (χ0v) is 14.3. The molecule has 5 heteroatoms. The van der Waals surface area contributed by atoms with Gasteiger partial charge in [-0.05, 0) is 45.0 Å². The lowest BCUT2D eigenvalue weighted by molar-refractivity contribution is -0.0112. The standard InChI is InChI=1S/C17H25NO3S/c1-13(2)21-12-15(19)9-18(10-16-5-4-8-20-16)11-17-7-6-14(3)22-17/h4-8,13,15,19H,9-12H2,1-3H3/t15-/m1/s1. The predicted molar refractivity (Wildman–Crippen MR) is 89.0 cm³/mol. The molecule has 0 saturated heterocycles. The number of nitrogens with zero attached hydrogens (tertiary/aromatic N) is 1. The molecule has 0 spiro atoms. The van der Waals surface area contributed by atoms with Gasteiger partial charge in [-0.1, -0.05) is 0 Å². The Bertz CT molecular complexity index is 536. The summed E-state index contributed by atoms with van der Waals surface area (Å²) in [6.07, 6.45) is 1.31. The number of thiophene rings is 1. The fraction of sp³-hybridized carbons (Fsp3) is 0.529. The Morgan fingerprint density at radius 3 is 2.68 bits per heavy atom. The van der Waals surface area contributed by atoms with E-state index in [1.54, 1.807) is 17.6 Å². The third kappa shape index (κ3) is 5.93. The van der Waals surface area contributed by atoms with Gasteiger partial charge in [0, 0.05) is 22.8 Å². The van der Waals surface area contributed by atoms with Crippen LogP contribution in [0.1, 0.15) is 29.4 Å². The van der Waals surface area contributed by atoms with E-state index < -0.39 is 6.10 Å². The van der Waals surface area contributed by atoms with Gasteiger partial charge in [-0.15, -0.1) is 11.3 Å². The molecule has 1 N–H and O–H groups in total. The fourth-order valence-electron chi connectivity index (χ4n) is 2.25. The normalized spacial score (nSPS) is 13.2. The molecule has 122 valence electrons. The molecule has 0 aliphatic rings. The maximum absolute atomic E-state index is 10.2. The van der Waals surface area contributed by atoms with Gasteiger partial charge in [-0.3, -0.25) is 4.90 Å². The quantitative estimate of drug-likeness (QED) is 0.768. The minimum atomic E-state index is -0.501. The molecule has 1 atom stereocenters. The van der Waals surface area contributed by atoms with Gasteiger partial charge in [0.1, 0.15) is 5.76 Å². The summed E-state index contributed by atoms with van der Waals surface area (Å²) in [5, 5.41) is 10.2. The molecule has 0 amide bonds. The van der Waals surface area contributed by atoms with Gasteiger partial charge < -0.3 is 14.3 Å². The smallest absolute Gasteiger partial charge is 0.117 e. The SMILES string of the molecule is Cc1ccc(CN(Cc2ccco2)C[C@@H](O)COC(C)C)s1. The third-order valence-electron chi connectivity index (χ3n) is 3.23. The van der Waals surface area contributed by atoms with Crippen molar-refractivity contribution in [3.8, 4) is 0 Å². The van der Waals surface area contributed by atoms with Crippen molar-refractivity contribution in [1.82, 2.24) is 4.90 Å². The topological polar surface area (TPSA) is 45.8 Å². The highest BCUT2D eigenvalue weighted by Crippen LogP contribution is 2.19. The van der Waals surface area contributed by atoms with Gasteiger partial charge in [0.15, 0.2) is 0 Å². The monoisotopic (exact) mass is 323 g/mol. The number of aliphatic hydroxyl groups is 1. The molecule has 0 bridgehead atoms. The molecule has 0 aromatic carbocycles. The van der Waals surface area contributed by atoms with E-state index in [9.17, 15) is 5.11 Å². The first kappa shape index (κ1) is 17.2. The van der Waals surface area contributed by atoms with E-state index in [4.69, 9.17) is 9.15 Å². The van der Waals surface area contributed by atoms with Crippen LogP contribution < -0.4 is 0 Å². The fourth-order valence-corrected chi connectivity index (χ4v) is 3.19. The molecule has 0 aliphatic heterocycles. The van der Waals surface area contributed by atoms with E-state index in [0.29, 0.717) is 19.7 Å². The Morgan fingerprint density at radius 2 is 2.09 bits per heavy atom. The number of furan rings is 1. The summed E-state index contributed by atoms with van der Waals surface area (Å²) in [6, 6.07) is 8.13. The lowest BCUT2D eigenvalue weighted by atomic mass is 10.3. The average Bonchev–Trinajstić information content (AvgIpc) is 3.08. The average molecular weight is 323 g/mol. The van der Waals surface area contributed by atoms with Crippen LogP contribution in [0.2, 0.25) is 0 Å². The minimum Gasteiger partial charge on any atom is -0.468 e. The molecule has 0 unspecified atom stereocenters. The molecular formula is C17H25NO3S. The molecule has 0 aliphatic carbocycles. The molecule has 2 rings (SSSR count). The van der Waals surface area contributed by atoms with E-state index in [0.717, 1.165) is 12.3 Å². The summed E-state index contributed by atoms with van der Waals surface area (Å²) in [7, 11) is 0. The summed E-state index contributed by atoms with van der Waals surface area (Å²) >= 11 is 1.79. The lowest BCUT2D eigenvalue weighted by Gasteiger charge is -2.24. The number of hydrogen-bond acceptors (Lipinski definition) is 5. The number of rotatable bonds is 9. The summed E-state index contributed by atoms with van der Waals surface area (Å²) in [5.41, 5.74) is 0. The second-order valence-corrected chi connectivity index (χ2v) is 7.17. The van der Waals surface area contributed by atoms with E-state index in [1.807, 2.05) is 26.0 Å². The zero-order valence-electron chi connectivity index (χ0n) is 13.5. The predicted octanol–water partition coefficient (Wildman–Crippen LogP) is 3.44. The number of aryl methyl sites for hydroxylation is 1. The van der Waals surface area contributed by atoms with E-state index in [1.165, 1.54) is 9.75 Å². The van der Waals surface area contributed by atoms with Gasteiger partial charge in [-0.25, -0.2) is 0 Å². The van der Waals surface area contributed by atoms with Crippen LogP contribution in [0.25, 0.3) is 0 Å². The van der Waals surface area contributed by atoms with Crippen LogP contribution in [0.4, 0.5) is 0 Å². The summed E-state index contributed by atoms with van der Waals surface area (Å²) in [6.45, 7) is 8.46. The Labute approximate surface area is 136 Å². The molecule has 22 heavy (non-hydrogen) atoms. The Balaban J connectivity index is 1.94. The third-order valence-corrected chi connectivity index (χ3v) is 4.21. The van der Waals surface area contributed by atoms with Crippen molar-refractivity contribution < 1.29 is 14.3 Å². The number of hydrogen-bond donors (Lipinski definition) is 1. The molecule has 0 radical (unpaired) electrons. The van der Waals surface area contributed by atoms with Crippen molar-refractivity contribution in [2.24, 2.45) is 0 Å². The number of ether oxygens (including phenoxy) is 1.